The molecule has 21 heavy (non-hydrogen) atoms. The molecule has 9 nitrogen and oxygen atoms in total. The van der Waals surface area contributed by atoms with E-state index in [4.69, 9.17) is 0 Å². The summed E-state index contributed by atoms with van der Waals surface area (Å²) in [5.74, 6) is -0.130. The number of hydrogen-bond acceptors (Lipinski definition) is 6. The zero-order chi connectivity index (χ0) is 15.2. The highest BCUT2D eigenvalue weighted by molar-refractivity contribution is 5.99. The van der Waals surface area contributed by atoms with E-state index in [0.717, 1.165) is 11.9 Å². The highest BCUT2D eigenvalue weighted by Crippen LogP contribution is 2.18. The summed E-state index contributed by atoms with van der Waals surface area (Å²) in [6, 6.07) is 1.20. The van der Waals surface area contributed by atoms with Crippen molar-refractivity contribution in [2.24, 2.45) is 0 Å². The van der Waals surface area contributed by atoms with Crippen molar-refractivity contribution in [3.8, 4) is 0 Å². The van der Waals surface area contributed by atoms with Gasteiger partial charge in [0.05, 0.1) is 16.8 Å². The average Bonchev–Trinajstić information content (AvgIpc) is 2.99. The van der Waals surface area contributed by atoms with E-state index in [9.17, 15) is 14.9 Å². The number of aromatic nitrogens is 3. The van der Waals surface area contributed by atoms with Gasteiger partial charge in [0.15, 0.2) is 0 Å². The number of amides is 1. The van der Waals surface area contributed by atoms with Crippen LogP contribution in [0.4, 0.5) is 11.5 Å². The Morgan fingerprint density at radius 2 is 2.29 bits per heavy atom. The van der Waals surface area contributed by atoms with E-state index in [-0.39, 0.29) is 11.3 Å². The van der Waals surface area contributed by atoms with E-state index < -0.39 is 10.8 Å². The lowest BCUT2D eigenvalue weighted by Gasteiger charge is -2.08. The van der Waals surface area contributed by atoms with Crippen LogP contribution in [0, 0.1) is 10.1 Å². The second-order valence-corrected chi connectivity index (χ2v) is 4.18. The summed E-state index contributed by atoms with van der Waals surface area (Å²) in [4.78, 5) is 32.9. The molecule has 110 valence electrons. The number of nitrogens with one attached hydrogen (secondary N) is 3. The van der Waals surface area contributed by atoms with Crippen molar-refractivity contribution in [3.63, 3.8) is 0 Å². The fourth-order valence-corrected chi connectivity index (χ4v) is 1.75. The van der Waals surface area contributed by atoms with E-state index in [1.54, 1.807) is 19.6 Å². The summed E-state index contributed by atoms with van der Waals surface area (Å²) >= 11 is 0. The zero-order valence-corrected chi connectivity index (χ0v) is 11.3. The molecule has 2 rings (SSSR count). The summed E-state index contributed by atoms with van der Waals surface area (Å²) in [7, 11) is 1.59. The summed E-state index contributed by atoms with van der Waals surface area (Å²) in [5, 5.41) is 16.2. The Kier molecular flexibility index (Phi) is 4.44. The van der Waals surface area contributed by atoms with Crippen molar-refractivity contribution in [3.05, 3.63) is 46.2 Å². The van der Waals surface area contributed by atoms with E-state index in [0.29, 0.717) is 18.8 Å². The van der Waals surface area contributed by atoms with Crippen LogP contribution in [0.15, 0.2) is 24.8 Å². The van der Waals surface area contributed by atoms with Crippen LogP contribution in [0.1, 0.15) is 16.1 Å². The molecule has 0 saturated heterocycles. The largest absolute Gasteiger partial charge is 0.372 e. The summed E-state index contributed by atoms with van der Waals surface area (Å²) in [6.07, 6.45) is 4.91. The summed E-state index contributed by atoms with van der Waals surface area (Å²) < 4.78 is 0. The first kappa shape index (κ1) is 14.4. The highest BCUT2D eigenvalue weighted by atomic mass is 16.6. The zero-order valence-electron chi connectivity index (χ0n) is 11.3. The van der Waals surface area contributed by atoms with Crippen molar-refractivity contribution >= 4 is 17.4 Å². The standard InChI is InChI=1S/C12H14N6O3/c1-13-11-10(4-9(6-16-11)18(20)21)12(19)15-3-2-8-5-14-7-17-8/h4-7H,2-3H2,1H3,(H,13,16)(H,14,17)(H,15,19). The van der Waals surface area contributed by atoms with Crippen molar-refractivity contribution < 1.29 is 9.72 Å². The van der Waals surface area contributed by atoms with Gasteiger partial charge in [0.25, 0.3) is 11.6 Å². The van der Waals surface area contributed by atoms with E-state index in [2.05, 4.69) is 25.6 Å². The second-order valence-electron chi connectivity index (χ2n) is 4.18. The van der Waals surface area contributed by atoms with Crippen LogP contribution < -0.4 is 10.6 Å². The van der Waals surface area contributed by atoms with Gasteiger partial charge in [0.2, 0.25) is 0 Å². The Bertz CT molecular complexity index is 640. The Hall–Kier alpha value is -2.97. The molecule has 0 spiro atoms. The fourth-order valence-electron chi connectivity index (χ4n) is 1.75. The minimum absolute atomic E-state index is 0.135. The van der Waals surface area contributed by atoms with Gasteiger partial charge in [-0.25, -0.2) is 9.97 Å². The monoisotopic (exact) mass is 290 g/mol. The Morgan fingerprint density at radius 1 is 1.48 bits per heavy atom. The fraction of sp³-hybridized carbons (Fsp3) is 0.250. The van der Waals surface area contributed by atoms with Crippen LogP contribution >= 0.6 is 0 Å². The van der Waals surface area contributed by atoms with Gasteiger partial charge in [-0.2, -0.15) is 0 Å². The van der Waals surface area contributed by atoms with Crippen molar-refractivity contribution in [1.29, 1.82) is 0 Å². The molecule has 0 aromatic carbocycles. The number of pyridine rings is 1. The number of carbonyl (C=O) groups excluding carboxylic acids is 1. The average molecular weight is 290 g/mol. The molecule has 9 heteroatoms. The van der Waals surface area contributed by atoms with Crippen LogP contribution in [-0.2, 0) is 6.42 Å². The van der Waals surface area contributed by atoms with Gasteiger partial charge in [0, 0.05) is 38.0 Å². The van der Waals surface area contributed by atoms with E-state index in [1.165, 1.54) is 6.07 Å². The van der Waals surface area contributed by atoms with Crippen molar-refractivity contribution in [1.82, 2.24) is 20.3 Å². The molecule has 2 aromatic rings. The molecule has 0 aliphatic carbocycles. The number of rotatable bonds is 6. The van der Waals surface area contributed by atoms with Crippen LogP contribution in [0.3, 0.4) is 0 Å². The number of imidazole rings is 1. The number of nitro groups is 1. The van der Waals surface area contributed by atoms with Crippen molar-refractivity contribution in [2.45, 2.75) is 6.42 Å². The molecule has 0 fully saturated rings. The maximum atomic E-state index is 12.1. The van der Waals surface area contributed by atoms with E-state index >= 15 is 0 Å². The van der Waals surface area contributed by atoms with Gasteiger partial charge in [0.1, 0.15) is 12.0 Å². The molecule has 0 saturated carbocycles. The molecule has 2 aromatic heterocycles. The van der Waals surface area contributed by atoms with Crippen LogP contribution in [0.5, 0.6) is 0 Å². The molecule has 1 amide bonds. The maximum absolute atomic E-state index is 12.1. The number of anilines is 1. The van der Waals surface area contributed by atoms with Gasteiger partial charge >= 0.3 is 0 Å². The molecular weight excluding hydrogens is 276 g/mol. The third kappa shape index (κ3) is 3.53. The Balaban J connectivity index is 2.06. The van der Waals surface area contributed by atoms with Gasteiger partial charge in [-0.15, -0.1) is 0 Å². The minimum atomic E-state index is -0.589. The summed E-state index contributed by atoms with van der Waals surface area (Å²) in [5.41, 5.74) is 0.797. The number of carbonyl (C=O) groups is 1. The molecule has 0 atom stereocenters. The third-order valence-electron chi connectivity index (χ3n) is 2.80. The second kappa shape index (κ2) is 6.46. The first-order valence-electron chi connectivity index (χ1n) is 6.19. The van der Waals surface area contributed by atoms with Gasteiger partial charge in [-0.3, -0.25) is 14.9 Å². The SMILES string of the molecule is CNc1ncc([N+](=O)[O-])cc1C(=O)NCCc1cnc[nH]1. The normalized spacial score (nSPS) is 10.1. The Morgan fingerprint density at radius 3 is 2.90 bits per heavy atom. The first-order valence-corrected chi connectivity index (χ1v) is 6.19. The third-order valence-corrected chi connectivity index (χ3v) is 2.80. The van der Waals surface area contributed by atoms with E-state index in [1.807, 2.05) is 0 Å². The lowest BCUT2D eigenvalue weighted by atomic mass is 10.2. The predicted octanol–water partition coefficient (Wildman–Crippen LogP) is 0.727. The van der Waals surface area contributed by atoms with Crippen LogP contribution in [0.25, 0.3) is 0 Å². The predicted molar refractivity (Wildman–Crippen MR) is 75.1 cm³/mol. The number of hydrogen-bond donors (Lipinski definition) is 3. The topological polar surface area (TPSA) is 126 Å². The maximum Gasteiger partial charge on any atom is 0.288 e. The molecule has 3 N–H and O–H groups in total. The number of H-pyrrole nitrogens is 1. The summed E-state index contributed by atoms with van der Waals surface area (Å²) in [6.45, 7) is 0.382. The van der Waals surface area contributed by atoms with Crippen LogP contribution in [-0.4, -0.2) is 39.4 Å². The smallest absolute Gasteiger partial charge is 0.288 e. The lowest BCUT2D eigenvalue weighted by Crippen LogP contribution is -2.27. The molecule has 0 bridgehead atoms. The number of nitrogens with zero attached hydrogens (tertiary/aromatic N) is 3. The molecule has 0 aliphatic rings. The van der Waals surface area contributed by atoms with Gasteiger partial charge < -0.3 is 15.6 Å². The van der Waals surface area contributed by atoms with Gasteiger partial charge in [-0.1, -0.05) is 0 Å². The first-order chi connectivity index (χ1) is 10.1. The molecule has 0 radical (unpaired) electrons. The highest BCUT2D eigenvalue weighted by Gasteiger charge is 2.17. The Labute approximate surface area is 120 Å². The quantitative estimate of drug-likeness (QED) is 0.531. The molecule has 2 heterocycles. The lowest BCUT2D eigenvalue weighted by molar-refractivity contribution is -0.385. The molecule has 0 aliphatic heterocycles. The number of aromatic amines is 1. The van der Waals surface area contributed by atoms with Gasteiger partial charge in [-0.05, 0) is 0 Å². The van der Waals surface area contributed by atoms with Crippen molar-refractivity contribution in [2.75, 3.05) is 18.9 Å². The minimum Gasteiger partial charge on any atom is -0.372 e. The molecular formula is C12H14N6O3. The molecule has 0 unspecified atom stereocenters. The van der Waals surface area contributed by atoms with Crippen LogP contribution in [0.2, 0.25) is 0 Å².